The summed E-state index contributed by atoms with van der Waals surface area (Å²) in [6.07, 6.45) is 0. The molecule has 0 spiro atoms. The van der Waals surface area contributed by atoms with Gasteiger partial charge in [-0.3, -0.25) is 25.8 Å². The number of halogens is 2. The molecule has 0 aliphatic heterocycles. The summed E-state index contributed by atoms with van der Waals surface area (Å²) >= 11 is 12.9. The minimum absolute atomic E-state index is 0.0225. The highest BCUT2D eigenvalue weighted by atomic mass is 127. The number of benzene rings is 2. The van der Waals surface area contributed by atoms with Gasteiger partial charge < -0.3 is 4.74 Å². The molecule has 0 aliphatic rings. The summed E-state index contributed by atoms with van der Waals surface area (Å²) in [5.74, 6) is -0.265. The number of nitrogens with one attached hydrogen (secondary N) is 3. The van der Waals surface area contributed by atoms with Crippen molar-refractivity contribution >= 4 is 63.3 Å². The Morgan fingerprint density at radius 2 is 1.92 bits per heavy atom. The number of carbonyl (C=O) groups is 2. The third-order valence-corrected chi connectivity index (χ3v) is 4.54. The van der Waals surface area contributed by atoms with E-state index in [1.165, 1.54) is 0 Å². The number of carbonyl (C=O) groups excluding carboxylic acids is 2. The molecule has 136 valence electrons. The van der Waals surface area contributed by atoms with Gasteiger partial charge in [-0.05, 0) is 77.6 Å². The van der Waals surface area contributed by atoms with Gasteiger partial charge in [0.1, 0.15) is 5.75 Å². The Morgan fingerprint density at radius 3 is 2.62 bits per heavy atom. The van der Waals surface area contributed by atoms with Crippen LogP contribution in [0, 0.1) is 10.5 Å². The number of amides is 2. The van der Waals surface area contributed by atoms with E-state index in [2.05, 4.69) is 38.8 Å². The first-order chi connectivity index (χ1) is 12.4. The van der Waals surface area contributed by atoms with Crippen LogP contribution in [0.15, 0.2) is 42.5 Å². The molecule has 0 saturated carbocycles. The van der Waals surface area contributed by atoms with Gasteiger partial charge in [0.05, 0.1) is 5.56 Å². The molecule has 0 bridgehead atoms. The standard InChI is InChI=1S/C17H15ClIN3O3S/c1-10-8-11(18)6-7-14(10)25-9-15(23)21-22-17(26)20-16(24)12-4-2-3-5-13(12)19/h2-8H,9H2,1H3,(H,21,23)(H2,20,22,24,26). The first-order valence-corrected chi connectivity index (χ1v) is 9.27. The summed E-state index contributed by atoms with van der Waals surface area (Å²) in [5.41, 5.74) is 6.13. The number of hydrogen-bond donors (Lipinski definition) is 3. The molecule has 0 heterocycles. The van der Waals surface area contributed by atoms with Gasteiger partial charge in [0.15, 0.2) is 11.7 Å². The molecule has 0 fully saturated rings. The van der Waals surface area contributed by atoms with Crippen LogP contribution in [-0.2, 0) is 4.79 Å². The van der Waals surface area contributed by atoms with Crippen molar-refractivity contribution in [2.75, 3.05) is 6.61 Å². The lowest BCUT2D eigenvalue weighted by Crippen LogP contribution is -2.49. The number of hydrazine groups is 1. The maximum absolute atomic E-state index is 12.1. The number of rotatable bonds is 4. The molecule has 0 unspecified atom stereocenters. The van der Waals surface area contributed by atoms with Gasteiger partial charge in [0.25, 0.3) is 11.8 Å². The van der Waals surface area contributed by atoms with Gasteiger partial charge in [-0.1, -0.05) is 23.7 Å². The second kappa shape index (κ2) is 9.70. The van der Waals surface area contributed by atoms with Crippen LogP contribution in [0.25, 0.3) is 0 Å². The van der Waals surface area contributed by atoms with Crippen molar-refractivity contribution in [3.05, 3.63) is 62.2 Å². The van der Waals surface area contributed by atoms with E-state index >= 15 is 0 Å². The van der Waals surface area contributed by atoms with Crippen molar-refractivity contribution in [2.45, 2.75) is 6.92 Å². The van der Waals surface area contributed by atoms with E-state index in [9.17, 15) is 9.59 Å². The predicted molar refractivity (Wildman–Crippen MR) is 112 cm³/mol. The van der Waals surface area contributed by atoms with Crippen LogP contribution < -0.4 is 20.9 Å². The Labute approximate surface area is 174 Å². The molecular weight excluding hydrogens is 489 g/mol. The van der Waals surface area contributed by atoms with Gasteiger partial charge in [0.2, 0.25) is 0 Å². The molecular formula is C17H15ClIN3O3S. The highest BCUT2D eigenvalue weighted by molar-refractivity contribution is 14.1. The molecule has 0 saturated heterocycles. The fraction of sp³-hybridized carbons (Fsp3) is 0.118. The third-order valence-electron chi connectivity index (χ3n) is 3.16. The molecule has 2 rings (SSSR count). The average molecular weight is 504 g/mol. The number of ether oxygens (including phenoxy) is 1. The molecule has 0 aromatic heterocycles. The normalized spacial score (nSPS) is 9.96. The number of aryl methyl sites for hydroxylation is 1. The van der Waals surface area contributed by atoms with Crippen LogP contribution in [0.2, 0.25) is 5.02 Å². The molecule has 3 N–H and O–H groups in total. The van der Waals surface area contributed by atoms with Gasteiger partial charge in [-0.15, -0.1) is 0 Å². The van der Waals surface area contributed by atoms with Crippen molar-refractivity contribution in [1.82, 2.24) is 16.2 Å². The van der Waals surface area contributed by atoms with Crippen molar-refractivity contribution in [1.29, 1.82) is 0 Å². The molecule has 26 heavy (non-hydrogen) atoms. The highest BCUT2D eigenvalue weighted by Gasteiger charge is 2.11. The SMILES string of the molecule is Cc1cc(Cl)ccc1OCC(=O)NNC(=S)NC(=O)c1ccccc1I. The first-order valence-electron chi connectivity index (χ1n) is 7.40. The monoisotopic (exact) mass is 503 g/mol. The maximum Gasteiger partial charge on any atom is 0.276 e. The lowest BCUT2D eigenvalue weighted by atomic mass is 10.2. The minimum atomic E-state index is -0.453. The fourth-order valence-corrected chi connectivity index (χ4v) is 2.93. The quantitative estimate of drug-likeness (QED) is 0.340. The predicted octanol–water partition coefficient (Wildman–Crippen LogP) is 2.97. The van der Waals surface area contributed by atoms with Crippen LogP contribution in [0.1, 0.15) is 15.9 Å². The zero-order valence-corrected chi connectivity index (χ0v) is 17.4. The Kier molecular flexibility index (Phi) is 7.61. The molecule has 6 nitrogen and oxygen atoms in total. The summed E-state index contributed by atoms with van der Waals surface area (Å²) in [6.45, 7) is 1.61. The van der Waals surface area contributed by atoms with Crippen molar-refractivity contribution < 1.29 is 14.3 Å². The van der Waals surface area contributed by atoms with E-state index in [1.54, 1.807) is 30.3 Å². The Bertz CT molecular complexity index is 848. The van der Waals surface area contributed by atoms with E-state index in [-0.39, 0.29) is 17.6 Å². The summed E-state index contributed by atoms with van der Waals surface area (Å²) in [6, 6.07) is 12.2. The first kappa shape index (κ1) is 20.4. The van der Waals surface area contributed by atoms with E-state index < -0.39 is 5.91 Å². The van der Waals surface area contributed by atoms with E-state index in [0.717, 1.165) is 9.13 Å². The molecule has 0 aliphatic carbocycles. The molecule has 0 atom stereocenters. The molecule has 2 amide bonds. The van der Waals surface area contributed by atoms with Crippen LogP contribution >= 0.6 is 46.4 Å². The zero-order chi connectivity index (χ0) is 19.1. The molecule has 0 radical (unpaired) electrons. The largest absolute Gasteiger partial charge is 0.483 e. The summed E-state index contributed by atoms with van der Waals surface area (Å²) < 4.78 is 6.20. The van der Waals surface area contributed by atoms with Crippen LogP contribution in [0.3, 0.4) is 0 Å². The van der Waals surface area contributed by atoms with E-state index in [0.29, 0.717) is 16.3 Å². The van der Waals surface area contributed by atoms with E-state index in [4.69, 9.17) is 28.6 Å². The van der Waals surface area contributed by atoms with Gasteiger partial charge in [0, 0.05) is 8.59 Å². The second-order valence-corrected chi connectivity index (χ2v) is 7.14. The Balaban J connectivity index is 1.77. The second-order valence-electron chi connectivity index (χ2n) is 5.13. The minimum Gasteiger partial charge on any atom is -0.483 e. The smallest absolute Gasteiger partial charge is 0.276 e. The highest BCUT2D eigenvalue weighted by Crippen LogP contribution is 2.21. The average Bonchev–Trinajstić information content (AvgIpc) is 2.59. The zero-order valence-electron chi connectivity index (χ0n) is 13.6. The molecule has 2 aromatic carbocycles. The van der Waals surface area contributed by atoms with Crippen LogP contribution in [0.5, 0.6) is 5.75 Å². The third kappa shape index (κ3) is 6.11. The lowest BCUT2D eigenvalue weighted by molar-refractivity contribution is -0.123. The van der Waals surface area contributed by atoms with Crippen LogP contribution in [0.4, 0.5) is 0 Å². The van der Waals surface area contributed by atoms with Gasteiger partial charge in [-0.25, -0.2) is 0 Å². The molecule has 9 heteroatoms. The number of hydrogen-bond acceptors (Lipinski definition) is 4. The fourth-order valence-electron chi connectivity index (χ4n) is 1.93. The van der Waals surface area contributed by atoms with Crippen molar-refractivity contribution in [3.8, 4) is 5.75 Å². The lowest BCUT2D eigenvalue weighted by Gasteiger charge is -2.12. The summed E-state index contributed by atoms with van der Waals surface area (Å²) in [7, 11) is 0. The maximum atomic E-state index is 12.1. The van der Waals surface area contributed by atoms with Crippen molar-refractivity contribution in [2.24, 2.45) is 0 Å². The van der Waals surface area contributed by atoms with Crippen LogP contribution in [-0.4, -0.2) is 23.5 Å². The van der Waals surface area contributed by atoms with Gasteiger partial charge >= 0.3 is 0 Å². The van der Waals surface area contributed by atoms with Crippen molar-refractivity contribution in [3.63, 3.8) is 0 Å². The Morgan fingerprint density at radius 1 is 1.19 bits per heavy atom. The topological polar surface area (TPSA) is 79.5 Å². The van der Waals surface area contributed by atoms with E-state index in [1.807, 2.05) is 19.1 Å². The summed E-state index contributed by atoms with van der Waals surface area (Å²) in [4.78, 5) is 23.9. The number of thiocarbonyl (C=S) groups is 1. The molecule has 2 aromatic rings. The van der Waals surface area contributed by atoms with Gasteiger partial charge in [-0.2, -0.15) is 0 Å². The summed E-state index contributed by atoms with van der Waals surface area (Å²) in [5, 5.41) is 3.06. The Hall–Kier alpha value is -1.91.